The monoisotopic (exact) mass is 344 g/mol. The van der Waals surface area contributed by atoms with E-state index in [-0.39, 0.29) is 0 Å². The normalized spacial score (nSPS) is 15.0. The fourth-order valence-corrected chi connectivity index (χ4v) is 3.20. The van der Waals surface area contributed by atoms with Gasteiger partial charge in [-0.05, 0) is 24.3 Å². The van der Waals surface area contributed by atoms with Gasteiger partial charge >= 0.3 is 0 Å². The average Bonchev–Trinajstić information content (AvgIpc) is 3.18. The van der Waals surface area contributed by atoms with Crippen LogP contribution in [-0.2, 0) is 6.54 Å². The summed E-state index contributed by atoms with van der Waals surface area (Å²) >= 11 is 0. The van der Waals surface area contributed by atoms with Crippen LogP contribution in [0.1, 0.15) is 11.1 Å². The first-order valence-electron chi connectivity index (χ1n) is 8.74. The van der Waals surface area contributed by atoms with Gasteiger partial charge in [-0.3, -0.25) is 4.90 Å². The minimum absolute atomic E-state index is 0.600. The summed E-state index contributed by atoms with van der Waals surface area (Å²) in [4.78, 5) is 9.10. The molecule has 130 valence electrons. The summed E-state index contributed by atoms with van der Waals surface area (Å²) in [5.74, 6) is 0.945. The molecular weight excluding hydrogens is 324 g/mol. The molecule has 0 N–H and O–H groups in total. The third-order valence-electron chi connectivity index (χ3n) is 4.64. The van der Waals surface area contributed by atoms with Gasteiger partial charge in [0.15, 0.2) is 0 Å². The molecule has 1 aliphatic heterocycles. The van der Waals surface area contributed by atoms with Gasteiger partial charge in [0, 0.05) is 50.7 Å². The van der Waals surface area contributed by atoms with E-state index in [2.05, 4.69) is 44.3 Å². The van der Waals surface area contributed by atoms with Gasteiger partial charge in [0.05, 0.1) is 17.4 Å². The van der Waals surface area contributed by atoms with Gasteiger partial charge in [-0.15, -0.1) is 0 Å². The molecule has 0 saturated carbocycles. The maximum atomic E-state index is 8.87. The van der Waals surface area contributed by atoms with Crippen molar-refractivity contribution in [3.05, 3.63) is 72.2 Å². The van der Waals surface area contributed by atoms with Crippen LogP contribution in [0.5, 0.6) is 0 Å². The number of hydrogen-bond donors (Lipinski definition) is 0. The lowest BCUT2D eigenvalue weighted by Crippen LogP contribution is -2.46. The largest absolute Gasteiger partial charge is 0.354 e. The van der Waals surface area contributed by atoms with Crippen molar-refractivity contribution >= 4 is 5.82 Å². The Labute approximate surface area is 152 Å². The summed E-state index contributed by atoms with van der Waals surface area (Å²) < 4.78 is 1.92. The van der Waals surface area contributed by atoms with Crippen LogP contribution in [0.3, 0.4) is 0 Å². The van der Waals surface area contributed by atoms with Crippen molar-refractivity contribution in [2.45, 2.75) is 6.54 Å². The number of benzene rings is 1. The zero-order valence-corrected chi connectivity index (χ0v) is 14.5. The summed E-state index contributed by atoms with van der Waals surface area (Å²) in [6, 6.07) is 16.0. The molecule has 3 heterocycles. The molecule has 0 spiro atoms. The number of aromatic nitrogens is 3. The second kappa shape index (κ2) is 7.38. The molecule has 1 aliphatic rings. The molecule has 2 aromatic heterocycles. The van der Waals surface area contributed by atoms with Crippen molar-refractivity contribution in [3.63, 3.8) is 0 Å². The lowest BCUT2D eigenvalue weighted by atomic mass is 10.2. The number of anilines is 1. The van der Waals surface area contributed by atoms with Crippen molar-refractivity contribution in [1.82, 2.24) is 19.7 Å². The third-order valence-corrected chi connectivity index (χ3v) is 4.64. The van der Waals surface area contributed by atoms with Gasteiger partial charge in [0.1, 0.15) is 11.9 Å². The minimum Gasteiger partial charge on any atom is -0.354 e. The van der Waals surface area contributed by atoms with E-state index in [0.29, 0.717) is 5.56 Å². The summed E-state index contributed by atoms with van der Waals surface area (Å²) in [6.07, 6.45) is 5.69. The van der Waals surface area contributed by atoms with E-state index >= 15 is 0 Å². The number of piperazine rings is 1. The number of nitrogens with zero attached hydrogens (tertiary/aromatic N) is 6. The van der Waals surface area contributed by atoms with Crippen molar-refractivity contribution in [3.8, 4) is 11.8 Å². The predicted octanol–water partition coefficient (Wildman–Crippen LogP) is 2.46. The number of pyridine rings is 1. The molecule has 4 rings (SSSR count). The Morgan fingerprint density at radius 2 is 1.77 bits per heavy atom. The van der Waals surface area contributed by atoms with E-state index in [1.165, 1.54) is 5.56 Å². The molecule has 1 aromatic carbocycles. The highest BCUT2D eigenvalue weighted by Crippen LogP contribution is 2.16. The van der Waals surface area contributed by atoms with E-state index in [1.54, 1.807) is 6.20 Å². The molecule has 0 aliphatic carbocycles. The van der Waals surface area contributed by atoms with Crippen molar-refractivity contribution in [1.29, 1.82) is 5.26 Å². The first-order valence-corrected chi connectivity index (χ1v) is 8.74. The fourth-order valence-electron chi connectivity index (χ4n) is 3.20. The third kappa shape index (κ3) is 3.58. The van der Waals surface area contributed by atoms with Crippen LogP contribution in [0.4, 0.5) is 5.82 Å². The van der Waals surface area contributed by atoms with Gasteiger partial charge in [-0.25, -0.2) is 9.67 Å². The molecule has 6 nitrogen and oxygen atoms in total. The van der Waals surface area contributed by atoms with Gasteiger partial charge in [-0.1, -0.05) is 18.2 Å². The van der Waals surface area contributed by atoms with E-state index in [9.17, 15) is 0 Å². The quantitative estimate of drug-likeness (QED) is 0.728. The van der Waals surface area contributed by atoms with Crippen LogP contribution in [0.2, 0.25) is 0 Å². The second-order valence-electron chi connectivity index (χ2n) is 6.41. The Morgan fingerprint density at radius 1 is 0.962 bits per heavy atom. The highest BCUT2D eigenvalue weighted by atomic mass is 15.3. The summed E-state index contributed by atoms with van der Waals surface area (Å²) in [7, 11) is 0. The first-order chi connectivity index (χ1) is 12.8. The van der Waals surface area contributed by atoms with Crippen LogP contribution in [-0.4, -0.2) is 45.8 Å². The zero-order chi connectivity index (χ0) is 17.8. The highest BCUT2D eigenvalue weighted by Gasteiger charge is 2.18. The van der Waals surface area contributed by atoms with Crippen LogP contribution < -0.4 is 4.90 Å². The van der Waals surface area contributed by atoms with Crippen LogP contribution in [0.25, 0.3) is 5.69 Å². The molecule has 0 unspecified atom stereocenters. The van der Waals surface area contributed by atoms with E-state index in [0.717, 1.165) is 44.2 Å². The molecule has 0 atom stereocenters. The van der Waals surface area contributed by atoms with E-state index in [4.69, 9.17) is 5.26 Å². The topological polar surface area (TPSA) is 61.0 Å². The number of rotatable bonds is 4. The maximum Gasteiger partial charge on any atom is 0.128 e. The lowest BCUT2D eigenvalue weighted by Gasteiger charge is -2.35. The lowest BCUT2D eigenvalue weighted by molar-refractivity contribution is 0.249. The number of hydrogen-bond acceptors (Lipinski definition) is 5. The maximum absolute atomic E-state index is 8.87. The SMILES string of the molecule is N#Cc1ccc(N2CCN(Cc3cnn(-c4ccccc4)c3)CC2)nc1. The van der Waals surface area contributed by atoms with Crippen LogP contribution in [0, 0.1) is 11.3 Å². The molecule has 1 fully saturated rings. The van der Waals surface area contributed by atoms with Crippen molar-refractivity contribution in [2.75, 3.05) is 31.1 Å². The molecule has 0 bridgehead atoms. The summed E-state index contributed by atoms with van der Waals surface area (Å²) in [5, 5.41) is 13.3. The Bertz CT molecular complexity index is 886. The molecule has 6 heteroatoms. The second-order valence-corrected chi connectivity index (χ2v) is 6.41. The fraction of sp³-hybridized carbons (Fsp3) is 0.250. The molecule has 26 heavy (non-hydrogen) atoms. The Hall–Kier alpha value is -3.17. The predicted molar refractivity (Wildman–Crippen MR) is 100 cm³/mol. The Kier molecular flexibility index (Phi) is 4.63. The summed E-state index contributed by atoms with van der Waals surface area (Å²) in [5.41, 5.74) is 2.90. The zero-order valence-electron chi connectivity index (χ0n) is 14.5. The molecular formula is C20H20N6. The van der Waals surface area contributed by atoms with Gasteiger partial charge in [0.2, 0.25) is 0 Å². The molecule has 0 amide bonds. The smallest absolute Gasteiger partial charge is 0.128 e. The van der Waals surface area contributed by atoms with E-state index < -0.39 is 0 Å². The molecule has 1 saturated heterocycles. The minimum atomic E-state index is 0.600. The number of para-hydroxylation sites is 1. The Balaban J connectivity index is 1.34. The van der Waals surface area contributed by atoms with Crippen molar-refractivity contribution in [2.24, 2.45) is 0 Å². The number of nitriles is 1. The standard InChI is InChI=1S/C20H20N6/c21-12-17-6-7-20(22-13-17)25-10-8-24(9-11-25)15-18-14-23-26(16-18)19-4-2-1-3-5-19/h1-7,13-14,16H,8-11,15H2. The van der Waals surface area contributed by atoms with Gasteiger partial charge < -0.3 is 4.90 Å². The summed E-state index contributed by atoms with van der Waals surface area (Å²) in [6.45, 7) is 4.75. The van der Waals surface area contributed by atoms with Crippen molar-refractivity contribution < 1.29 is 0 Å². The Morgan fingerprint density at radius 3 is 2.46 bits per heavy atom. The van der Waals surface area contributed by atoms with Gasteiger partial charge in [-0.2, -0.15) is 10.4 Å². The molecule has 3 aromatic rings. The van der Waals surface area contributed by atoms with Crippen LogP contribution >= 0.6 is 0 Å². The van der Waals surface area contributed by atoms with E-state index in [1.807, 2.05) is 41.2 Å². The molecule has 0 radical (unpaired) electrons. The van der Waals surface area contributed by atoms with Gasteiger partial charge in [0.25, 0.3) is 0 Å². The highest BCUT2D eigenvalue weighted by molar-refractivity contribution is 5.42. The first kappa shape index (κ1) is 16.3. The average molecular weight is 344 g/mol. The van der Waals surface area contributed by atoms with Crippen LogP contribution in [0.15, 0.2) is 61.1 Å².